The zero-order valence-corrected chi connectivity index (χ0v) is 15.1. The number of aromatic nitrogens is 1. The number of carbonyl (C=O) groups excluding carboxylic acids is 1. The molecule has 0 unspecified atom stereocenters. The Morgan fingerprint density at radius 1 is 1.21 bits per heavy atom. The van der Waals surface area contributed by atoms with Gasteiger partial charge in [-0.25, -0.2) is 0 Å². The quantitative estimate of drug-likeness (QED) is 0.836. The summed E-state index contributed by atoms with van der Waals surface area (Å²) < 4.78 is 5.24. The molecular weight excluding hydrogens is 351 g/mol. The molecule has 2 heterocycles. The minimum atomic E-state index is 0. The first-order valence-electron chi connectivity index (χ1n) is 7.42. The molecule has 1 aliphatic rings. The number of carbonyl (C=O) groups is 1. The molecule has 1 aliphatic heterocycles. The number of piperazine rings is 1. The van der Waals surface area contributed by atoms with Gasteiger partial charge in [0.05, 0.1) is 17.8 Å². The van der Waals surface area contributed by atoms with Crippen LogP contribution in [-0.4, -0.2) is 47.0 Å². The number of amides is 1. The predicted octanol–water partition coefficient (Wildman–Crippen LogP) is 2.37. The number of benzene rings is 1. The van der Waals surface area contributed by atoms with Crippen molar-refractivity contribution in [2.24, 2.45) is 0 Å². The summed E-state index contributed by atoms with van der Waals surface area (Å²) in [5, 5.41) is 3.89. The van der Waals surface area contributed by atoms with Crippen LogP contribution in [0.4, 0.5) is 5.69 Å². The molecule has 0 bridgehead atoms. The maximum atomic E-state index is 12.5. The number of hydrogen-bond donors (Lipinski definition) is 1. The summed E-state index contributed by atoms with van der Waals surface area (Å²) in [6.45, 7) is 5.67. The molecule has 1 fully saturated rings. The third-order valence-corrected chi connectivity index (χ3v) is 3.91. The number of hydrogen-bond acceptors (Lipinski definition) is 5. The van der Waals surface area contributed by atoms with Gasteiger partial charge in [0.2, 0.25) is 0 Å². The van der Waals surface area contributed by atoms with Crippen molar-refractivity contribution >= 4 is 36.4 Å². The molecular formula is C16H22Cl2N4O2. The maximum Gasteiger partial charge on any atom is 0.256 e. The lowest BCUT2D eigenvalue weighted by Gasteiger charge is -2.34. The molecule has 8 heteroatoms. The molecule has 132 valence electrons. The Morgan fingerprint density at radius 2 is 1.88 bits per heavy atom. The van der Waals surface area contributed by atoms with E-state index in [4.69, 9.17) is 10.3 Å². The van der Waals surface area contributed by atoms with Gasteiger partial charge in [-0.05, 0) is 19.1 Å². The van der Waals surface area contributed by atoms with Gasteiger partial charge in [-0.15, -0.1) is 24.8 Å². The largest absolute Gasteiger partial charge is 0.398 e. The molecule has 24 heavy (non-hydrogen) atoms. The Bertz CT molecular complexity index is 670. The van der Waals surface area contributed by atoms with Crippen molar-refractivity contribution < 1.29 is 9.32 Å². The van der Waals surface area contributed by atoms with Gasteiger partial charge >= 0.3 is 0 Å². The van der Waals surface area contributed by atoms with Crippen molar-refractivity contribution in [3.8, 4) is 0 Å². The van der Waals surface area contributed by atoms with Crippen molar-refractivity contribution in [3.63, 3.8) is 0 Å². The van der Waals surface area contributed by atoms with E-state index in [1.54, 1.807) is 12.1 Å². The van der Waals surface area contributed by atoms with E-state index in [2.05, 4.69) is 10.1 Å². The number of rotatable bonds is 3. The van der Waals surface area contributed by atoms with E-state index >= 15 is 0 Å². The fourth-order valence-corrected chi connectivity index (χ4v) is 2.68. The lowest BCUT2D eigenvalue weighted by atomic mass is 10.1. The summed E-state index contributed by atoms with van der Waals surface area (Å²) >= 11 is 0. The number of para-hydroxylation sites is 1. The standard InChI is InChI=1S/C16H20N4O2.2ClH/c1-12-10-13(22-18-12)11-19-6-8-20(9-7-19)16(21)14-4-2-3-5-15(14)17;;/h2-5,10H,6-9,11,17H2,1H3;2*1H. The van der Waals surface area contributed by atoms with Gasteiger partial charge in [0.15, 0.2) is 5.76 Å². The van der Waals surface area contributed by atoms with Gasteiger partial charge in [0, 0.05) is 37.9 Å². The third-order valence-electron chi connectivity index (χ3n) is 3.91. The highest BCUT2D eigenvalue weighted by Gasteiger charge is 2.23. The molecule has 0 atom stereocenters. The summed E-state index contributed by atoms with van der Waals surface area (Å²) in [6.07, 6.45) is 0. The predicted molar refractivity (Wildman–Crippen MR) is 97.8 cm³/mol. The van der Waals surface area contributed by atoms with Crippen molar-refractivity contribution in [1.82, 2.24) is 15.0 Å². The van der Waals surface area contributed by atoms with Crippen LogP contribution in [0.15, 0.2) is 34.9 Å². The zero-order valence-electron chi connectivity index (χ0n) is 13.5. The number of nitrogens with zero attached hydrogens (tertiary/aromatic N) is 3. The van der Waals surface area contributed by atoms with Crippen LogP contribution >= 0.6 is 24.8 Å². The van der Waals surface area contributed by atoms with E-state index in [-0.39, 0.29) is 30.7 Å². The second-order valence-electron chi connectivity index (χ2n) is 5.59. The molecule has 0 aliphatic carbocycles. The van der Waals surface area contributed by atoms with Crippen molar-refractivity contribution in [2.75, 3.05) is 31.9 Å². The van der Waals surface area contributed by atoms with Gasteiger partial charge in [-0.3, -0.25) is 9.69 Å². The average molecular weight is 373 g/mol. The van der Waals surface area contributed by atoms with Crippen LogP contribution in [0, 0.1) is 6.92 Å². The van der Waals surface area contributed by atoms with Gasteiger partial charge in [0.25, 0.3) is 5.91 Å². The number of anilines is 1. The Balaban J connectivity index is 0.00000144. The van der Waals surface area contributed by atoms with Crippen LogP contribution in [-0.2, 0) is 6.54 Å². The second-order valence-corrected chi connectivity index (χ2v) is 5.59. The highest BCUT2D eigenvalue weighted by atomic mass is 35.5. The van der Waals surface area contributed by atoms with Gasteiger partial charge in [-0.1, -0.05) is 17.3 Å². The first-order valence-corrected chi connectivity index (χ1v) is 7.42. The fourth-order valence-electron chi connectivity index (χ4n) is 2.68. The molecule has 0 spiro atoms. The second kappa shape index (κ2) is 8.92. The van der Waals surface area contributed by atoms with Gasteiger partial charge < -0.3 is 15.2 Å². The summed E-state index contributed by atoms with van der Waals surface area (Å²) in [4.78, 5) is 16.6. The Hall–Kier alpha value is -1.76. The normalized spacial score (nSPS) is 14.6. The van der Waals surface area contributed by atoms with Crippen molar-refractivity contribution in [1.29, 1.82) is 0 Å². The van der Waals surface area contributed by atoms with Crippen LogP contribution in [0.5, 0.6) is 0 Å². The molecule has 3 rings (SSSR count). The van der Waals surface area contributed by atoms with Crippen LogP contribution in [0.25, 0.3) is 0 Å². The molecule has 2 N–H and O–H groups in total. The van der Waals surface area contributed by atoms with E-state index in [0.29, 0.717) is 24.3 Å². The number of nitrogen functional groups attached to an aromatic ring is 1. The van der Waals surface area contributed by atoms with E-state index in [1.807, 2.05) is 30.0 Å². The summed E-state index contributed by atoms with van der Waals surface area (Å²) in [5.41, 5.74) is 7.89. The smallest absolute Gasteiger partial charge is 0.256 e. The maximum absolute atomic E-state index is 12.5. The van der Waals surface area contributed by atoms with Crippen molar-refractivity contribution in [3.05, 3.63) is 47.3 Å². The molecule has 0 radical (unpaired) electrons. The number of nitrogens with two attached hydrogens (primary N) is 1. The van der Waals surface area contributed by atoms with E-state index in [1.165, 1.54) is 0 Å². The highest BCUT2D eigenvalue weighted by Crippen LogP contribution is 2.16. The molecule has 6 nitrogen and oxygen atoms in total. The Labute approximate surface area is 153 Å². The SMILES string of the molecule is Cc1cc(CN2CCN(C(=O)c3ccccc3N)CC2)on1.Cl.Cl. The monoisotopic (exact) mass is 372 g/mol. The summed E-state index contributed by atoms with van der Waals surface area (Å²) in [7, 11) is 0. The molecule has 2 aromatic rings. The zero-order chi connectivity index (χ0) is 15.5. The first kappa shape index (κ1) is 20.3. The molecule has 1 aromatic carbocycles. The molecule has 1 aromatic heterocycles. The highest BCUT2D eigenvalue weighted by molar-refractivity contribution is 5.99. The lowest BCUT2D eigenvalue weighted by Crippen LogP contribution is -2.48. The average Bonchev–Trinajstić information content (AvgIpc) is 2.93. The summed E-state index contributed by atoms with van der Waals surface area (Å²) in [6, 6.07) is 9.16. The van der Waals surface area contributed by atoms with Gasteiger partial charge in [0.1, 0.15) is 0 Å². The van der Waals surface area contributed by atoms with Crippen LogP contribution in [0.2, 0.25) is 0 Å². The number of aryl methyl sites for hydroxylation is 1. The lowest BCUT2D eigenvalue weighted by molar-refractivity contribution is 0.0618. The Morgan fingerprint density at radius 3 is 2.46 bits per heavy atom. The molecule has 1 saturated heterocycles. The summed E-state index contributed by atoms with van der Waals surface area (Å²) in [5.74, 6) is 0.873. The minimum Gasteiger partial charge on any atom is -0.398 e. The van der Waals surface area contributed by atoms with Crippen LogP contribution in [0.1, 0.15) is 21.8 Å². The van der Waals surface area contributed by atoms with Crippen LogP contribution in [0.3, 0.4) is 0 Å². The Kier molecular flexibility index (Phi) is 7.54. The van der Waals surface area contributed by atoms with Gasteiger partial charge in [-0.2, -0.15) is 0 Å². The minimum absolute atomic E-state index is 0. The molecule has 1 amide bonds. The third kappa shape index (κ3) is 4.63. The van der Waals surface area contributed by atoms with Crippen molar-refractivity contribution in [2.45, 2.75) is 13.5 Å². The fraction of sp³-hybridized carbons (Fsp3) is 0.375. The van der Waals surface area contributed by atoms with E-state index in [9.17, 15) is 4.79 Å². The van der Waals surface area contributed by atoms with Crippen LogP contribution < -0.4 is 5.73 Å². The number of halogens is 2. The topological polar surface area (TPSA) is 75.6 Å². The van der Waals surface area contributed by atoms with E-state index < -0.39 is 0 Å². The first-order chi connectivity index (χ1) is 10.6. The van der Waals surface area contributed by atoms with E-state index in [0.717, 1.165) is 31.1 Å². The molecule has 0 saturated carbocycles.